The number of benzene rings is 2. The number of methoxy groups -OCH3 is 2. The molecule has 4 rings (SSSR count). The van der Waals surface area contributed by atoms with Gasteiger partial charge in [0.1, 0.15) is 5.75 Å². The van der Waals surface area contributed by atoms with E-state index >= 15 is 0 Å². The summed E-state index contributed by atoms with van der Waals surface area (Å²) in [6.07, 6.45) is 7.78. The summed E-state index contributed by atoms with van der Waals surface area (Å²) in [5.74, 6) is 1.96. The molecule has 34 heavy (non-hydrogen) atoms. The molecule has 6 heteroatoms. The second kappa shape index (κ2) is 10.5. The molecule has 1 aliphatic carbocycles. The molecule has 0 radical (unpaired) electrons. The SMILES string of the molecule is CCOc1ccccc1[C@H]1[C@H]2CCCC[C@]2(O)CCN1C(=O)/C=C/c1ccc(OC)c(OC)c1. The number of likely N-dealkylation sites (tertiary alicyclic amines) is 1. The fourth-order valence-electron chi connectivity index (χ4n) is 5.55. The van der Waals surface area contributed by atoms with Crippen molar-refractivity contribution in [3.63, 3.8) is 0 Å². The van der Waals surface area contributed by atoms with Crippen molar-refractivity contribution in [1.82, 2.24) is 4.90 Å². The first kappa shape index (κ1) is 24.1. The highest BCUT2D eigenvalue weighted by molar-refractivity contribution is 5.92. The van der Waals surface area contributed by atoms with Crippen LogP contribution in [0, 0.1) is 5.92 Å². The van der Waals surface area contributed by atoms with Crippen LogP contribution in [0.2, 0.25) is 0 Å². The minimum Gasteiger partial charge on any atom is -0.494 e. The van der Waals surface area contributed by atoms with Gasteiger partial charge in [-0.05, 0) is 56.0 Å². The number of piperidine rings is 1. The number of amides is 1. The van der Waals surface area contributed by atoms with Crippen molar-refractivity contribution in [3.8, 4) is 17.2 Å². The van der Waals surface area contributed by atoms with E-state index in [9.17, 15) is 9.90 Å². The Kier molecular flexibility index (Phi) is 7.47. The molecule has 6 nitrogen and oxygen atoms in total. The van der Waals surface area contributed by atoms with Gasteiger partial charge in [0.05, 0.1) is 32.5 Å². The molecule has 2 aromatic carbocycles. The highest BCUT2D eigenvalue weighted by Gasteiger charge is 2.50. The fraction of sp³-hybridized carbons (Fsp3) is 0.464. The third kappa shape index (κ3) is 4.78. The number of fused-ring (bicyclic) bond motifs is 1. The van der Waals surface area contributed by atoms with Gasteiger partial charge in [-0.2, -0.15) is 0 Å². The quantitative estimate of drug-likeness (QED) is 0.582. The molecule has 182 valence electrons. The number of carbonyl (C=O) groups excluding carboxylic acids is 1. The third-order valence-electron chi connectivity index (χ3n) is 7.21. The van der Waals surface area contributed by atoms with Gasteiger partial charge < -0.3 is 24.2 Å². The lowest BCUT2D eigenvalue weighted by molar-refractivity contribution is -0.151. The van der Waals surface area contributed by atoms with Gasteiger partial charge in [-0.1, -0.05) is 37.1 Å². The molecule has 1 saturated carbocycles. The highest BCUT2D eigenvalue weighted by Crippen LogP contribution is 2.50. The maximum Gasteiger partial charge on any atom is 0.247 e. The monoisotopic (exact) mass is 465 g/mol. The van der Waals surface area contributed by atoms with Crippen LogP contribution in [0.4, 0.5) is 0 Å². The summed E-state index contributed by atoms with van der Waals surface area (Å²) < 4.78 is 16.6. The van der Waals surface area contributed by atoms with E-state index < -0.39 is 5.60 Å². The Morgan fingerprint density at radius 3 is 2.65 bits per heavy atom. The first-order valence-corrected chi connectivity index (χ1v) is 12.2. The lowest BCUT2D eigenvalue weighted by Gasteiger charge is -2.52. The van der Waals surface area contributed by atoms with Crippen LogP contribution in [0.3, 0.4) is 0 Å². The van der Waals surface area contributed by atoms with Crippen LogP contribution in [0.25, 0.3) is 6.08 Å². The molecule has 1 N–H and O–H groups in total. The minimum atomic E-state index is -0.744. The average Bonchev–Trinajstić information content (AvgIpc) is 2.86. The molecule has 0 spiro atoms. The number of hydrogen-bond acceptors (Lipinski definition) is 5. The Bertz CT molecular complexity index is 1040. The second-order valence-electron chi connectivity index (χ2n) is 9.10. The van der Waals surface area contributed by atoms with E-state index in [0.29, 0.717) is 31.1 Å². The third-order valence-corrected chi connectivity index (χ3v) is 7.21. The Morgan fingerprint density at radius 2 is 1.88 bits per heavy atom. The first-order valence-electron chi connectivity index (χ1n) is 12.2. The zero-order valence-electron chi connectivity index (χ0n) is 20.3. The maximum atomic E-state index is 13.5. The highest BCUT2D eigenvalue weighted by atomic mass is 16.5. The number of para-hydroxylation sites is 1. The smallest absolute Gasteiger partial charge is 0.247 e. The van der Waals surface area contributed by atoms with Crippen molar-refractivity contribution in [2.24, 2.45) is 5.92 Å². The van der Waals surface area contributed by atoms with Crippen molar-refractivity contribution in [1.29, 1.82) is 0 Å². The van der Waals surface area contributed by atoms with Crippen LogP contribution in [-0.4, -0.2) is 48.9 Å². The summed E-state index contributed by atoms with van der Waals surface area (Å²) in [5.41, 5.74) is 1.08. The van der Waals surface area contributed by atoms with Crippen molar-refractivity contribution in [2.45, 2.75) is 50.7 Å². The minimum absolute atomic E-state index is 0.0185. The molecule has 2 aromatic rings. The summed E-state index contributed by atoms with van der Waals surface area (Å²) >= 11 is 0. The van der Waals surface area contributed by atoms with E-state index in [1.807, 2.05) is 54.3 Å². The van der Waals surface area contributed by atoms with Gasteiger partial charge in [0.15, 0.2) is 11.5 Å². The lowest BCUT2D eigenvalue weighted by atomic mass is 9.66. The van der Waals surface area contributed by atoms with Crippen LogP contribution in [0.15, 0.2) is 48.5 Å². The summed E-state index contributed by atoms with van der Waals surface area (Å²) in [4.78, 5) is 15.5. The Labute approximate surface area is 202 Å². The van der Waals surface area contributed by atoms with E-state index in [1.54, 1.807) is 26.4 Å². The number of ether oxygens (including phenoxy) is 3. The summed E-state index contributed by atoms with van der Waals surface area (Å²) in [7, 11) is 3.19. The molecule has 1 aliphatic heterocycles. The van der Waals surface area contributed by atoms with Crippen LogP contribution in [-0.2, 0) is 4.79 Å². The largest absolute Gasteiger partial charge is 0.494 e. The standard InChI is InChI=1S/C28H35NO5/c1-4-34-23-11-6-5-9-21(23)27-22-10-7-8-16-28(22,31)17-18-29(27)26(30)15-13-20-12-14-24(32-2)25(19-20)33-3/h5-6,9,11-15,19,22,27,31H,4,7-8,10,16-18H2,1-3H3/b15-13+/t22-,27+,28+/m1/s1. The lowest BCUT2D eigenvalue weighted by Crippen LogP contribution is -2.56. The molecule has 1 amide bonds. The van der Waals surface area contributed by atoms with Crippen LogP contribution < -0.4 is 14.2 Å². The number of hydrogen-bond donors (Lipinski definition) is 1. The predicted octanol–water partition coefficient (Wildman–Crippen LogP) is 5.01. The van der Waals surface area contributed by atoms with Crippen molar-refractivity contribution >= 4 is 12.0 Å². The Balaban J connectivity index is 1.66. The van der Waals surface area contributed by atoms with Gasteiger partial charge in [-0.15, -0.1) is 0 Å². The van der Waals surface area contributed by atoms with Crippen LogP contribution >= 0.6 is 0 Å². The molecule has 0 unspecified atom stereocenters. The molecule has 0 aromatic heterocycles. The molecule has 1 heterocycles. The Morgan fingerprint density at radius 1 is 1.09 bits per heavy atom. The second-order valence-corrected chi connectivity index (χ2v) is 9.10. The molecular weight excluding hydrogens is 430 g/mol. The van der Waals surface area contributed by atoms with Crippen molar-refractivity contribution < 1.29 is 24.1 Å². The van der Waals surface area contributed by atoms with Gasteiger partial charge in [0.25, 0.3) is 0 Å². The number of rotatable bonds is 7. The Hall–Kier alpha value is -2.99. The van der Waals surface area contributed by atoms with E-state index in [4.69, 9.17) is 14.2 Å². The van der Waals surface area contributed by atoms with E-state index in [1.165, 1.54) is 0 Å². The number of nitrogens with zero attached hydrogens (tertiary/aromatic N) is 1. The molecule has 3 atom stereocenters. The zero-order chi connectivity index (χ0) is 24.1. The normalized spacial score (nSPS) is 24.5. The van der Waals surface area contributed by atoms with Crippen molar-refractivity contribution in [3.05, 3.63) is 59.7 Å². The van der Waals surface area contributed by atoms with Crippen LogP contribution in [0.1, 0.15) is 56.2 Å². The number of carbonyl (C=O) groups is 1. The molecule has 1 saturated heterocycles. The van der Waals surface area contributed by atoms with E-state index in [2.05, 4.69) is 0 Å². The molecule has 2 aliphatic rings. The predicted molar refractivity (Wildman–Crippen MR) is 132 cm³/mol. The average molecular weight is 466 g/mol. The summed E-state index contributed by atoms with van der Waals surface area (Å²) in [6.45, 7) is 3.02. The van der Waals surface area contributed by atoms with E-state index in [0.717, 1.165) is 42.6 Å². The molecule has 0 bridgehead atoms. The van der Waals surface area contributed by atoms with Gasteiger partial charge in [0.2, 0.25) is 5.91 Å². The van der Waals surface area contributed by atoms with E-state index in [-0.39, 0.29) is 17.9 Å². The number of aliphatic hydroxyl groups is 1. The van der Waals surface area contributed by atoms with Crippen LogP contribution in [0.5, 0.6) is 17.2 Å². The zero-order valence-corrected chi connectivity index (χ0v) is 20.3. The molecular formula is C28H35NO5. The van der Waals surface area contributed by atoms with Crippen molar-refractivity contribution in [2.75, 3.05) is 27.4 Å². The van der Waals surface area contributed by atoms with Gasteiger partial charge in [-0.25, -0.2) is 0 Å². The summed E-state index contributed by atoms with van der Waals surface area (Å²) in [6, 6.07) is 13.3. The fourth-order valence-corrected chi connectivity index (χ4v) is 5.55. The topological polar surface area (TPSA) is 68.2 Å². The van der Waals surface area contributed by atoms with Gasteiger partial charge in [0, 0.05) is 24.1 Å². The maximum absolute atomic E-state index is 13.5. The van der Waals surface area contributed by atoms with Gasteiger partial charge in [-0.3, -0.25) is 4.79 Å². The summed E-state index contributed by atoms with van der Waals surface area (Å²) in [5, 5.41) is 11.5. The first-order chi connectivity index (χ1) is 16.5. The van der Waals surface area contributed by atoms with Gasteiger partial charge >= 0.3 is 0 Å². The molecule has 2 fully saturated rings.